The molecule has 4 heteroatoms. The van der Waals surface area contributed by atoms with Crippen molar-refractivity contribution < 1.29 is 4.79 Å². The molecule has 0 bridgehead atoms. The third-order valence-electron chi connectivity index (χ3n) is 4.49. The molecule has 3 rings (SSSR count). The van der Waals surface area contributed by atoms with Crippen LogP contribution in [0.4, 0.5) is 0 Å². The van der Waals surface area contributed by atoms with Crippen LogP contribution in [0.15, 0.2) is 23.9 Å². The fourth-order valence-corrected chi connectivity index (χ4v) is 3.27. The van der Waals surface area contributed by atoms with Gasteiger partial charge in [0, 0.05) is 18.8 Å². The Kier molecular flexibility index (Phi) is 2.90. The van der Waals surface area contributed by atoms with Crippen molar-refractivity contribution in [1.29, 1.82) is 0 Å². The molecular weight excluding hydrogens is 226 g/mol. The summed E-state index contributed by atoms with van der Waals surface area (Å²) in [5, 5.41) is 3.05. The quantitative estimate of drug-likeness (QED) is 0.753. The van der Waals surface area contributed by atoms with Gasteiger partial charge in [-0.25, -0.2) is 0 Å². The van der Waals surface area contributed by atoms with Crippen LogP contribution in [0, 0.1) is 0 Å². The topological polar surface area (TPSA) is 35.6 Å². The van der Waals surface area contributed by atoms with Gasteiger partial charge in [-0.3, -0.25) is 4.79 Å². The van der Waals surface area contributed by atoms with Crippen LogP contribution in [0.5, 0.6) is 0 Å². The lowest BCUT2D eigenvalue weighted by molar-refractivity contribution is -0.128. The number of carbonyl (C=O) groups is 1. The Morgan fingerprint density at radius 2 is 2.11 bits per heavy atom. The summed E-state index contributed by atoms with van der Waals surface area (Å²) in [7, 11) is 2.13. The van der Waals surface area contributed by atoms with Gasteiger partial charge in [0.15, 0.2) is 0 Å². The zero-order valence-electron chi connectivity index (χ0n) is 11.0. The molecule has 1 amide bonds. The van der Waals surface area contributed by atoms with Crippen LogP contribution in [-0.4, -0.2) is 48.1 Å². The van der Waals surface area contributed by atoms with E-state index >= 15 is 0 Å². The van der Waals surface area contributed by atoms with Gasteiger partial charge in [0.2, 0.25) is 5.91 Å². The van der Waals surface area contributed by atoms with E-state index in [1.807, 2.05) is 0 Å². The molecule has 1 N–H and O–H groups in total. The molecule has 98 valence electrons. The Labute approximate surface area is 108 Å². The van der Waals surface area contributed by atoms with Crippen molar-refractivity contribution in [2.45, 2.75) is 31.2 Å². The molecule has 0 atom stereocenters. The maximum atomic E-state index is 12.3. The van der Waals surface area contributed by atoms with E-state index in [-0.39, 0.29) is 11.4 Å². The molecule has 2 heterocycles. The maximum Gasteiger partial charge on any atom is 0.247 e. The highest BCUT2D eigenvalue weighted by atomic mass is 16.2. The Balaban J connectivity index is 1.87. The average molecular weight is 247 g/mol. The van der Waals surface area contributed by atoms with Crippen LogP contribution in [0.3, 0.4) is 0 Å². The number of likely N-dealkylation sites (tertiary alicyclic amines) is 1. The van der Waals surface area contributed by atoms with Crippen molar-refractivity contribution in [3.05, 3.63) is 23.9 Å². The molecule has 1 aliphatic carbocycles. The predicted octanol–water partition coefficient (Wildman–Crippen LogP) is 1.07. The average Bonchev–Trinajstić information content (AvgIpc) is 2.72. The fraction of sp³-hybridized carbons (Fsp3) is 0.643. The van der Waals surface area contributed by atoms with Gasteiger partial charge >= 0.3 is 0 Å². The smallest absolute Gasteiger partial charge is 0.247 e. The molecule has 0 aromatic heterocycles. The second-order valence-electron chi connectivity index (χ2n) is 5.55. The second-order valence-corrected chi connectivity index (χ2v) is 5.55. The van der Waals surface area contributed by atoms with E-state index in [1.165, 1.54) is 5.70 Å². The van der Waals surface area contributed by atoms with Crippen LogP contribution in [0.25, 0.3) is 0 Å². The van der Waals surface area contributed by atoms with Gasteiger partial charge in [-0.15, -0.1) is 0 Å². The minimum Gasteiger partial charge on any atom is -0.343 e. The molecule has 0 aromatic carbocycles. The van der Waals surface area contributed by atoms with Crippen molar-refractivity contribution in [3.8, 4) is 0 Å². The first-order valence-corrected chi connectivity index (χ1v) is 6.83. The summed E-state index contributed by atoms with van der Waals surface area (Å²) >= 11 is 0. The number of allylic oxidation sites excluding steroid dienone is 4. The fourth-order valence-electron chi connectivity index (χ4n) is 3.27. The Morgan fingerprint density at radius 1 is 1.33 bits per heavy atom. The summed E-state index contributed by atoms with van der Waals surface area (Å²) in [4.78, 5) is 16.9. The molecule has 3 aliphatic rings. The lowest BCUT2D eigenvalue weighted by Gasteiger charge is -2.43. The van der Waals surface area contributed by atoms with Crippen LogP contribution >= 0.6 is 0 Å². The highest BCUT2D eigenvalue weighted by molar-refractivity contribution is 5.88. The third-order valence-corrected chi connectivity index (χ3v) is 4.49. The van der Waals surface area contributed by atoms with Crippen molar-refractivity contribution in [2.24, 2.45) is 0 Å². The first kappa shape index (κ1) is 11.8. The SMILES string of the molecule is CN1CCC2(CC1)C(=O)NCN2C1=CC=CCC1. The highest BCUT2D eigenvalue weighted by Crippen LogP contribution is 2.36. The first-order chi connectivity index (χ1) is 8.72. The number of hydrogen-bond donors (Lipinski definition) is 1. The molecule has 0 aromatic rings. The first-order valence-electron chi connectivity index (χ1n) is 6.83. The summed E-state index contributed by atoms with van der Waals surface area (Å²) in [5.74, 6) is 0.228. The van der Waals surface area contributed by atoms with Crippen LogP contribution in [-0.2, 0) is 4.79 Å². The molecule has 2 fully saturated rings. The van der Waals surface area contributed by atoms with E-state index in [0.29, 0.717) is 6.67 Å². The lowest BCUT2D eigenvalue weighted by atomic mass is 9.85. The van der Waals surface area contributed by atoms with Gasteiger partial charge in [0.1, 0.15) is 5.54 Å². The normalized spacial score (nSPS) is 27.5. The summed E-state index contributed by atoms with van der Waals surface area (Å²) in [6.45, 7) is 2.70. The minimum absolute atomic E-state index is 0.228. The Bertz CT molecular complexity index is 405. The van der Waals surface area contributed by atoms with Crippen molar-refractivity contribution in [2.75, 3.05) is 26.8 Å². The summed E-state index contributed by atoms with van der Waals surface area (Å²) < 4.78 is 0. The monoisotopic (exact) mass is 247 g/mol. The minimum atomic E-state index is -0.274. The molecule has 1 spiro atoms. The Morgan fingerprint density at radius 3 is 2.78 bits per heavy atom. The number of rotatable bonds is 1. The lowest BCUT2D eigenvalue weighted by Crippen LogP contribution is -2.55. The van der Waals surface area contributed by atoms with E-state index in [0.717, 1.165) is 38.8 Å². The largest absolute Gasteiger partial charge is 0.343 e. The standard InChI is InChI=1S/C14H21N3O/c1-16-9-7-14(8-10-16)13(18)15-11-17(14)12-5-3-2-4-6-12/h2-3,5H,4,6-11H2,1H3,(H,15,18). The zero-order chi connectivity index (χ0) is 12.6. The van der Waals surface area contributed by atoms with Crippen LogP contribution in [0.2, 0.25) is 0 Å². The number of amides is 1. The Hall–Kier alpha value is -1.29. The van der Waals surface area contributed by atoms with E-state index in [4.69, 9.17) is 0 Å². The maximum absolute atomic E-state index is 12.3. The van der Waals surface area contributed by atoms with Gasteiger partial charge < -0.3 is 15.1 Å². The summed E-state index contributed by atoms with van der Waals surface area (Å²) in [6, 6.07) is 0. The number of nitrogens with one attached hydrogen (secondary N) is 1. The predicted molar refractivity (Wildman–Crippen MR) is 70.8 cm³/mol. The number of hydrogen-bond acceptors (Lipinski definition) is 3. The molecule has 2 aliphatic heterocycles. The molecule has 0 saturated carbocycles. The molecule has 2 saturated heterocycles. The molecule has 0 unspecified atom stereocenters. The van der Waals surface area contributed by atoms with E-state index in [9.17, 15) is 4.79 Å². The van der Waals surface area contributed by atoms with Crippen LogP contribution < -0.4 is 5.32 Å². The molecule has 4 nitrogen and oxygen atoms in total. The number of carbonyl (C=O) groups excluding carboxylic acids is 1. The zero-order valence-corrected chi connectivity index (χ0v) is 11.0. The molecule has 0 radical (unpaired) electrons. The van der Waals surface area contributed by atoms with Crippen molar-refractivity contribution >= 4 is 5.91 Å². The number of piperidine rings is 1. The van der Waals surface area contributed by atoms with Crippen LogP contribution in [0.1, 0.15) is 25.7 Å². The summed E-state index contributed by atoms with van der Waals surface area (Å²) in [5.41, 5.74) is 1.05. The molecule has 18 heavy (non-hydrogen) atoms. The van der Waals surface area contributed by atoms with Gasteiger partial charge in [-0.05, 0) is 38.8 Å². The second kappa shape index (κ2) is 4.43. The molecular formula is C14H21N3O. The van der Waals surface area contributed by atoms with Gasteiger partial charge in [-0.2, -0.15) is 0 Å². The van der Waals surface area contributed by atoms with Gasteiger partial charge in [0.05, 0.1) is 6.67 Å². The summed E-state index contributed by atoms with van der Waals surface area (Å²) in [6.07, 6.45) is 10.5. The van der Waals surface area contributed by atoms with Crippen molar-refractivity contribution in [3.63, 3.8) is 0 Å². The van der Waals surface area contributed by atoms with E-state index < -0.39 is 0 Å². The van der Waals surface area contributed by atoms with Gasteiger partial charge in [0.25, 0.3) is 0 Å². The van der Waals surface area contributed by atoms with E-state index in [1.54, 1.807) is 0 Å². The van der Waals surface area contributed by atoms with E-state index in [2.05, 4.69) is 40.4 Å². The van der Waals surface area contributed by atoms with Crippen molar-refractivity contribution in [1.82, 2.24) is 15.1 Å². The van der Waals surface area contributed by atoms with Gasteiger partial charge in [-0.1, -0.05) is 12.2 Å². The highest BCUT2D eigenvalue weighted by Gasteiger charge is 2.50. The number of nitrogens with zero attached hydrogens (tertiary/aromatic N) is 2. The third kappa shape index (κ3) is 1.75.